The first-order valence-corrected chi connectivity index (χ1v) is 6.83. The third kappa shape index (κ3) is 5.04. The number of primary amides is 1. The second-order valence-corrected chi connectivity index (χ2v) is 5.22. The van der Waals surface area contributed by atoms with Gasteiger partial charge in [0.1, 0.15) is 0 Å². The van der Waals surface area contributed by atoms with E-state index < -0.39 is 23.2 Å². The third-order valence-electron chi connectivity index (χ3n) is 3.33. The van der Waals surface area contributed by atoms with Gasteiger partial charge in [0.25, 0.3) is 0 Å². The highest BCUT2D eigenvalue weighted by Gasteiger charge is 2.32. The molecule has 1 rings (SSSR count). The fraction of sp³-hybridized carbons (Fsp3) is 0.692. The lowest BCUT2D eigenvalue weighted by molar-refractivity contribution is -0.137. The van der Waals surface area contributed by atoms with Gasteiger partial charge in [-0.2, -0.15) is 18.3 Å². The van der Waals surface area contributed by atoms with E-state index in [1.807, 2.05) is 6.92 Å². The number of amides is 1. The second kappa shape index (κ2) is 6.93. The highest BCUT2D eigenvalue weighted by Crippen LogP contribution is 2.28. The van der Waals surface area contributed by atoms with Gasteiger partial charge in [-0.05, 0) is 32.7 Å². The minimum atomic E-state index is -4.39. The molecule has 1 heterocycles. The summed E-state index contributed by atoms with van der Waals surface area (Å²) in [6.07, 6.45) is -0.845. The molecule has 3 N–H and O–H groups in total. The van der Waals surface area contributed by atoms with E-state index in [0.717, 1.165) is 18.8 Å². The molecule has 0 aliphatic rings. The van der Waals surface area contributed by atoms with Crippen LogP contribution in [0.15, 0.2) is 12.4 Å². The van der Waals surface area contributed by atoms with Gasteiger partial charge in [0.05, 0.1) is 17.3 Å². The molecule has 1 atom stereocenters. The van der Waals surface area contributed by atoms with Gasteiger partial charge in [-0.1, -0.05) is 6.92 Å². The molecule has 120 valence electrons. The van der Waals surface area contributed by atoms with Gasteiger partial charge in [-0.15, -0.1) is 0 Å². The minimum absolute atomic E-state index is 0.298. The van der Waals surface area contributed by atoms with E-state index in [-0.39, 0.29) is 0 Å². The van der Waals surface area contributed by atoms with Gasteiger partial charge in [-0.25, -0.2) is 0 Å². The number of alkyl halides is 3. The number of nitrogens with two attached hydrogens (primary N) is 1. The van der Waals surface area contributed by atoms with E-state index >= 15 is 0 Å². The summed E-state index contributed by atoms with van der Waals surface area (Å²) in [5.41, 5.74) is 3.75. The first kappa shape index (κ1) is 17.5. The van der Waals surface area contributed by atoms with Crippen LogP contribution in [0.2, 0.25) is 0 Å². The van der Waals surface area contributed by atoms with Crippen LogP contribution in [0, 0.1) is 0 Å². The molecular formula is C13H21F3N4O. The SMILES string of the molecule is CCCNC(C)(CCCn1cc(C(F)(F)F)cn1)C(N)=O. The summed E-state index contributed by atoms with van der Waals surface area (Å²) < 4.78 is 38.5. The lowest BCUT2D eigenvalue weighted by Crippen LogP contribution is -2.53. The topological polar surface area (TPSA) is 72.9 Å². The zero-order chi connectivity index (χ0) is 16.1. The maximum Gasteiger partial charge on any atom is 0.419 e. The Bertz CT molecular complexity index is 472. The van der Waals surface area contributed by atoms with Crippen LogP contribution >= 0.6 is 0 Å². The van der Waals surface area contributed by atoms with E-state index in [1.165, 1.54) is 4.68 Å². The molecule has 0 aliphatic carbocycles. The van der Waals surface area contributed by atoms with Gasteiger partial charge in [0.2, 0.25) is 5.91 Å². The standard InChI is InChI=1S/C13H21F3N4O/c1-3-6-18-12(2,11(17)21)5-4-7-20-9-10(8-19-20)13(14,15)16/h8-9,18H,3-7H2,1-2H3,(H2,17,21). The van der Waals surface area contributed by atoms with Gasteiger partial charge in [-0.3, -0.25) is 9.48 Å². The third-order valence-corrected chi connectivity index (χ3v) is 3.33. The number of aromatic nitrogens is 2. The normalized spacial score (nSPS) is 14.9. The number of nitrogens with zero attached hydrogens (tertiary/aromatic N) is 2. The number of rotatable bonds is 8. The Kier molecular flexibility index (Phi) is 5.77. The quantitative estimate of drug-likeness (QED) is 0.771. The van der Waals surface area contributed by atoms with Gasteiger partial charge < -0.3 is 11.1 Å². The Morgan fingerprint density at radius 3 is 2.62 bits per heavy atom. The molecule has 0 fully saturated rings. The molecule has 0 saturated heterocycles. The maximum atomic E-state index is 12.4. The molecule has 0 radical (unpaired) electrons. The van der Waals surface area contributed by atoms with Crippen molar-refractivity contribution in [1.29, 1.82) is 0 Å². The number of carbonyl (C=O) groups excluding carboxylic acids is 1. The highest BCUT2D eigenvalue weighted by atomic mass is 19.4. The lowest BCUT2D eigenvalue weighted by atomic mass is 9.94. The average molecular weight is 306 g/mol. The molecule has 0 aromatic carbocycles. The zero-order valence-corrected chi connectivity index (χ0v) is 12.2. The van der Waals surface area contributed by atoms with E-state index in [2.05, 4.69) is 10.4 Å². The van der Waals surface area contributed by atoms with Crippen LogP contribution < -0.4 is 11.1 Å². The molecular weight excluding hydrogens is 285 g/mol. The Labute approximate surface area is 121 Å². The van der Waals surface area contributed by atoms with Crippen molar-refractivity contribution in [3.8, 4) is 0 Å². The van der Waals surface area contributed by atoms with Crippen molar-refractivity contribution in [2.45, 2.75) is 51.4 Å². The molecule has 1 amide bonds. The van der Waals surface area contributed by atoms with Crippen LogP contribution in [-0.2, 0) is 17.5 Å². The zero-order valence-electron chi connectivity index (χ0n) is 12.2. The van der Waals surface area contributed by atoms with Crippen molar-refractivity contribution in [2.24, 2.45) is 5.73 Å². The highest BCUT2D eigenvalue weighted by molar-refractivity contribution is 5.84. The average Bonchev–Trinajstić information content (AvgIpc) is 2.85. The fourth-order valence-corrected chi connectivity index (χ4v) is 1.93. The number of aryl methyl sites for hydroxylation is 1. The molecule has 0 bridgehead atoms. The van der Waals surface area contributed by atoms with Gasteiger partial charge >= 0.3 is 6.18 Å². The van der Waals surface area contributed by atoms with E-state index in [9.17, 15) is 18.0 Å². The Hall–Kier alpha value is -1.57. The summed E-state index contributed by atoms with van der Waals surface area (Å²) in [7, 11) is 0. The van der Waals surface area contributed by atoms with Crippen LogP contribution in [0.25, 0.3) is 0 Å². The summed E-state index contributed by atoms with van der Waals surface area (Å²) in [6, 6.07) is 0. The lowest BCUT2D eigenvalue weighted by Gasteiger charge is -2.27. The number of nitrogens with one attached hydrogen (secondary N) is 1. The van der Waals surface area contributed by atoms with Crippen LogP contribution in [0.1, 0.15) is 38.7 Å². The van der Waals surface area contributed by atoms with E-state index in [4.69, 9.17) is 5.73 Å². The monoisotopic (exact) mass is 306 g/mol. The largest absolute Gasteiger partial charge is 0.419 e. The summed E-state index contributed by atoms with van der Waals surface area (Å²) in [5.74, 6) is -0.465. The fourth-order valence-electron chi connectivity index (χ4n) is 1.93. The first-order chi connectivity index (χ1) is 9.69. The molecule has 1 aromatic heterocycles. The molecule has 21 heavy (non-hydrogen) atoms. The van der Waals surface area contributed by atoms with Crippen LogP contribution in [0.3, 0.4) is 0 Å². The van der Waals surface area contributed by atoms with Gasteiger partial charge in [0, 0.05) is 12.7 Å². The molecule has 8 heteroatoms. The second-order valence-electron chi connectivity index (χ2n) is 5.22. The predicted octanol–water partition coefficient (Wildman–Crippen LogP) is 1.93. The van der Waals surface area contributed by atoms with Crippen molar-refractivity contribution in [2.75, 3.05) is 6.54 Å². The van der Waals surface area contributed by atoms with Gasteiger partial charge in [0.15, 0.2) is 0 Å². The Morgan fingerprint density at radius 1 is 1.48 bits per heavy atom. The van der Waals surface area contributed by atoms with Crippen molar-refractivity contribution in [3.05, 3.63) is 18.0 Å². The van der Waals surface area contributed by atoms with E-state index in [1.54, 1.807) is 6.92 Å². The number of carbonyl (C=O) groups is 1. The van der Waals surface area contributed by atoms with Crippen molar-refractivity contribution in [3.63, 3.8) is 0 Å². The minimum Gasteiger partial charge on any atom is -0.368 e. The first-order valence-electron chi connectivity index (χ1n) is 6.83. The summed E-state index contributed by atoms with van der Waals surface area (Å²) >= 11 is 0. The molecule has 0 aliphatic heterocycles. The summed E-state index contributed by atoms with van der Waals surface area (Å²) in [4.78, 5) is 11.5. The van der Waals surface area contributed by atoms with Crippen LogP contribution in [0.5, 0.6) is 0 Å². The Balaban J connectivity index is 2.54. The predicted molar refractivity (Wildman–Crippen MR) is 72.4 cm³/mol. The Morgan fingerprint density at radius 2 is 2.14 bits per heavy atom. The van der Waals surface area contributed by atoms with Crippen molar-refractivity contribution in [1.82, 2.24) is 15.1 Å². The van der Waals surface area contributed by atoms with E-state index in [0.29, 0.717) is 25.9 Å². The molecule has 5 nitrogen and oxygen atoms in total. The summed E-state index contributed by atoms with van der Waals surface area (Å²) in [5, 5.41) is 6.75. The number of halogens is 3. The van der Waals surface area contributed by atoms with Crippen LogP contribution in [-0.4, -0.2) is 27.8 Å². The molecule has 1 aromatic rings. The van der Waals surface area contributed by atoms with Crippen molar-refractivity contribution < 1.29 is 18.0 Å². The number of hydrogen-bond donors (Lipinski definition) is 2. The maximum absolute atomic E-state index is 12.4. The molecule has 0 saturated carbocycles. The van der Waals surface area contributed by atoms with Crippen LogP contribution in [0.4, 0.5) is 13.2 Å². The number of hydrogen-bond acceptors (Lipinski definition) is 3. The smallest absolute Gasteiger partial charge is 0.368 e. The summed E-state index contributed by atoms with van der Waals surface area (Å²) in [6.45, 7) is 4.62. The molecule has 0 spiro atoms. The molecule has 1 unspecified atom stereocenters. The van der Waals surface area contributed by atoms with Crippen molar-refractivity contribution >= 4 is 5.91 Å².